The largest absolute Gasteiger partial charge is 0.464 e. The van der Waals surface area contributed by atoms with Gasteiger partial charge in [-0.2, -0.15) is 0 Å². The maximum absolute atomic E-state index is 10.9. The van der Waals surface area contributed by atoms with Crippen LogP contribution >= 0.6 is 0 Å². The molecular weight excluding hydrogens is 264 g/mol. The minimum atomic E-state index is -0.484. The predicted molar refractivity (Wildman–Crippen MR) is 82.3 cm³/mol. The lowest BCUT2D eigenvalue weighted by Gasteiger charge is -2.40. The number of pyridine rings is 1. The third-order valence-corrected chi connectivity index (χ3v) is 5.59. The van der Waals surface area contributed by atoms with Crippen molar-refractivity contribution in [3.05, 3.63) is 24.6 Å². The van der Waals surface area contributed by atoms with Crippen LogP contribution in [0.25, 0.3) is 11.0 Å². The molecule has 1 aliphatic carbocycles. The molecule has 21 heavy (non-hydrogen) atoms. The summed E-state index contributed by atoms with van der Waals surface area (Å²) in [5.74, 6) is 1.97. The predicted octanol–water partition coefficient (Wildman–Crippen LogP) is 3.21. The highest BCUT2D eigenvalue weighted by Gasteiger charge is 2.48. The number of aliphatic hydroxyl groups is 1. The first kappa shape index (κ1) is 13.1. The Balaban J connectivity index is 1.68. The Bertz CT molecular complexity index is 653. The number of fused-ring (bicyclic) bond motifs is 2. The Morgan fingerprint density at radius 3 is 3.19 bits per heavy atom. The fraction of sp³-hybridized carbons (Fsp3) is 0.588. The van der Waals surface area contributed by atoms with E-state index in [0.717, 1.165) is 49.1 Å². The topological polar surface area (TPSA) is 49.5 Å². The van der Waals surface area contributed by atoms with Gasteiger partial charge in [0.15, 0.2) is 0 Å². The molecular formula is C17H22N2O2. The van der Waals surface area contributed by atoms with E-state index in [-0.39, 0.29) is 0 Å². The molecule has 4 heteroatoms. The average molecular weight is 286 g/mol. The van der Waals surface area contributed by atoms with Crippen LogP contribution in [0, 0.1) is 11.8 Å². The van der Waals surface area contributed by atoms with Crippen molar-refractivity contribution in [1.82, 2.24) is 4.98 Å². The standard InChI is InChI=1S/C17H22N2O2/c1-2-17(20)7-3-4-12-10-19(11-14(12)17)16-13-6-9-21-15(13)5-8-18-16/h5-6,8-9,12,14,20H,2-4,7,10-11H2,1H3/t12-,14+,17-/m0/s1. The zero-order valence-electron chi connectivity index (χ0n) is 12.5. The molecule has 112 valence electrons. The van der Waals surface area contributed by atoms with Crippen LogP contribution in [0.15, 0.2) is 29.0 Å². The van der Waals surface area contributed by atoms with Gasteiger partial charge in [0.25, 0.3) is 0 Å². The zero-order chi connectivity index (χ0) is 14.4. The van der Waals surface area contributed by atoms with Gasteiger partial charge in [-0.3, -0.25) is 0 Å². The van der Waals surface area contributed by atoms with Gasteiger partial charge >= 0.3 is 0 Å². The Labute approximate surface area is 124 Å². The SMILES string of the molecule is CC[C@]1(O)CCC[C@H]2CN(c3nccc4occc34)C[C@H]21. The van der Waals surface area contributed by atoms with E-state index in [1.54, 1.807) is 6.26 Å². The van der Waals surface area contributed by atoms with Crippen molar-refractivity contribution in [3.63, 3.8) is 0 Å². The summed E-state index contributed by atoms with van der Waals surface area (Å²) in [6, 6.07) is 3.90. The first-order chi connectivity index (χ1) is 10.2. The molecule has 3 heterocycles. The van der Waals surface area contributed by atoms with Crippen LogP contribution in [0.1, 0.15) is 32.6 Å². The Morgan fingerprint density at radius 1 is 1.43 bits per heavy atom. The van der Waals surface area contributed by atoms with Crippen LogP contribution in [-0.4, -0.2) is 28.8 Å². The summed E-state index contributed by atoms with van der Waals surface area (Å²) in [6.45, 7) is 4.02. The lowest BCUT2D eigenvalue weighted by atomic mass is 9.69. The summed E-state index contributed by atoms with van der Waals surface area (Å²) in [4.78, 5) is 6.92. The molecule has 3 atom stereocenters. The number of hydrogen-bond acceptors (Lipinski definition) is 4. The van der Waals surface area contributed by atoms with Gasteiger partial charge in [0, 0.05) is 25.2 Å². The molecule has 1 saturated heterocycles. The molecule has 2 aromatic heterocycles. The number of nitrogens with zero attached hydrogens (tertiary/aromatic N) is 2. The average Bonchev–Trinajstić information content (AvgIpc) is 3.14. The highest BCUT2D eigenvalue weighted by atomic mass is 16.3. The molecule has 1 saturated carbocycles. The molecule has 0 radical (unpaired) electrons. The van der Waals surface area contributed by atoms with Crippen molar-refractivity contribution >= 4 is 16.8 Å². The molecule has 0 spiro atoms. The first-order valence-electron chi connectivity index (χ1n) is 8.01. The van der Waals surface area contributed by atoms with Gasteiger partial charge in [-0.05, 0) is 37.3 Å². The third kappa shape index (κ3) is 1.96. The van der Waals surface area contributed by atoms with Crippen LogP contribution in [0.3, 0.4) is 0 Å². The molecule has 2 aliphatic rings. The Morgan fingerprint density at radius 2 is 2.33 bits per heavy atom. The summed E-state index contributed by atoms with van der Waals surface area (Å²) < 4.78 is 5.48. The molecule has 1 aliphatic heterocycles. The molecule has 0 aromatic carbocycles. The summed E-state index contributed by atoms with van der Waals surface area (Å²) in [5, 5.41) is 12.0. The monoisotopic (exact) mass is 286 g/mol. The molecule has 4 rings (SSSR count). The van der Waals surface area contributed by atoms with Gasteiger partial charge in [0.2, 0.25) is 0 Å². The summed E-state index contributed by atoms with van der Waals surface area (Å²) in [5.41, 5.74) is 0.405. The van der Waals surface area contributed by atoms with E-state index in [4.69, 9.17) is 4.42 Å². The van der Waals surface area contributed by atoms with E-state index in [2.05, 4.69) is 16.8 Å². The van der Waals surface area contributed by atoms with Crippen molar-refractivity contribution in [2.24, 2.45) is 11.8 Å². The number of furan rings is 1. The number of hydrogen-bond donors (Lipinski definition) is 1. The van der Waals surface area contributed by atoms with E-state index >= 15 is 0 Å². The van der Waals surface area contributed by atoms with Crippen LogP contribution in [-0.2, 0) is 0 Å². The molecule has 1 N–H and O–H groups in total. The lowest BCUT2D eigenvalue weighted by Crippen LogP contribution is -2.44. The van der Waals surface area contributed by atoms with Crippen LogP contribution < -0.4 is 4.90 Å². The normalized spacial score (nSPS) is 32.6. The van der Waals surface area contributed by atoms with E-state index in [0.29, 0.717) is 11.8 Å². The minimum absolute atomic E-state index is 0.375. The van der Waals surface area contributed by atoms with Gasteiger partial charge in [-0.1, -0.05) is 13.3 Å². The van der Waals surface area contributed by atoms with Crippen molar-refractivity contribution in [1.29, 1.82) is 0 Å². The van der Waals surface area contributed by atoms with Crippen LogP contribution in [0.5, 0.6) is 0 Å². The van der Waals surface area contributed by atoms with Crippen molar-refractivity contribution in [3.8, 4) is 0 Å². The maximum Gasteiger partial charge on any atom is 0.139 e. The van der Waals surface area contributed by atoms with Gasteiger partial charge in [-0.25, -0.2) is 4.98 Å². The highest BCUT2D eigenvalue weighted by Crippen LogP contribution is 2.45. The zero-order valence-corrected chi connectivity index (χ0v) is 12.5. The first-order valence-corrected chi connectivity index (χ1v) is 8.01. The van der Waals surface area contributed by atoms with E-state index in [9.17, 15) is 5.11 Å². The molecule has 0 amide bonds. The molecule has 0 bridgehead atoms. The van der Waals surface area contributed by atoms with Gasteiger partial charge in [-0.15, -0.1) is 0 Å². The third-order valence-electron chi connectivity index (χ3n) is 5.59. The van der Waals surface area contributed by atoms with E-state index in [1.807, 2.05) is 18.3 Å². The van der Waals surface area contributed by atoms with Gasteiger partial charge in [0.1, 0.15) is 11.4 Å². The smallest absolute Gasteiger partial charge is 0.139 e. The van der Waals surface area contributed by atoms with Crippen molar-refractivity contribution < 1.29 is 9.52 Å². The second kappa shape index (κ2) is 4.73. The van der Waals surface area contributed by atoms with E-state index in [1.165, 1.54) is 6.42 Å². The van der Waals surface area contributed by atoms with Crippen LogP contribution in [0.4, 0.5) is 5.82 Å². The molecule has 2 fully saturated rings. The second-order valence-corrected chi connectivity index (χ2v) is 6.59. The van der Waals surface area contributed by atoms with Crippen molar-refractivity contribution in [2.45, 2.75) is 38.2 Å². The van der Waals surface area contributed by atoms with Crippen LogP contribution in [0.2, 0.25) is 0 Å². The van der Waals surface area contributed by atoms with Crippen molar-refractivity contribution in [2.75, 3.05) is 18.0 Å². The molecule has 2 aromatic rings. The summed E-state index contributed by atoms with van der Waals surface area (Å²) in [6.07, 6.45) is 7.71. The quantitative estimate of drug-likeness (QED) is 0.921. The summed E-state index contributed by atoms with van der Waals surface area (Å²) in [7, 11) is 0. The number of rotatable bonds is 2. The number of anilines is 1. The fourth-order valence-electron chi connectivity index (χ4n) is 4.37. The number of aromatic nitrogens is 1. The molecule has 4 nitrogen and oxygen atoms in total. The minimum Gasteiger partial charge on any atom is -0.464 e. The summed E-state index contributed by atoms with van der Waals surface area (Å²) >= 11 is 0. The fourth-order valence-corrected chi connectivity index (χ4v) is 4.37. The Kier molecular flexibility index (Phi) is 2.96. The van der Waals surface area contributed by atoms with Gasteiger partial charge in [0.05, 0.1) is 17.3 Å². The lowest BCUT2D eigenvalue weighted by molar-refractivity contribution is -0.0597. The highest BCUT2D eigenvalue weighted by molar-refractivity contribution is 5.88. The Hall–Kier alpha value is -1.55. The molecule has 0 unspecified atom stereocenters. The second-order valence-electron chi connectivity index (χ2n) is 6.59. The van der Waals surface area contributed by atoms with Gasteiger partial charge < -0.3 is 14.4 Å². The maximum atomic E-state index is 10.9. The van der Waals surface area contributed by atoms with E-state index < -0.39 is 5.60 Å².